The highest BCUT2D eigenvalue weighted by molar-refractivity contribution is 6.03. The summed E-state index contributed by atoms with van der Waals surface area (Å²) in [5.74, 6) is 1.49. The van der Waals surface area contributed by atoms with Crippen LogP contribution in [0.4, 0.5) is 11.4 Å². The van der Waals surface area contributed by atoms with Crippen molar-refractivity contribution in [3.05, 3.63) is 48.0 Å². The third-order valence-corrected chi connectivity index (χ3v) is 4.54. The van der Waals surface area contributed by atoms with E-state index in [2.05, 4.69) is 5.32 Å². The molecule has 0 radical (unpaired) electrons. The zero-order chi connectivity index (χ0) is 21.7. The first-order valence-corrected chi connectivity index (χ1v) is 9.81. The van der Waals surface area contributed by atoms with Gasteiger partial charge in [0.2, 0.25) is 5.91 Å². The topological polar surface area (TPSA) is 77.1 Å². The second kappa shape index (κ2) is 9.35. The molecule has 0 unspecified atom stereocenters. The zero-order valence-electron chi connectivity index (χ0n) is 17.6. The van der Waals surface area contributed by atoms with Gasteiger partial charge in [-0.1, -0.05) is 6.07 Å². The van der Waals surface area contributed by atoms with Gasteiger partial charge in [-0.2, -0.15) is 0 Å². The fraction of sp³-hybridized carbons (Fsp3) is 0.304. The summed E-state index contributed by atoms with van der Waals surface area (Å²) in [7, 11) is 1.57. The number of fused-ring (bicyclic) bond motifs is 1. The fourth-order valence-electron chi connectivity index (χ4n) is 3.23. The average molecular weight is 410 g/mol. The van der Waals surface area contributed by atoms with Gasteiger partial charge >= 0.3 is 0 Å². The highest BCUT2D eigenvalue weighted by Crippen LogP contribution is 2.35. The fourth-order valence-corrected chi connectivity index (χ4v) is 3.23. The lowest BCUT2D eigenvalue weighted by Gasteiger charge is -2.32. The molecule has 7 nitrogen and oxygen atoms in total. The Balaban J connectivity index is 1.73. The number of hydrogen-bond acceptors (Lipinski definition) is 5. The Morgan fingerprint density at radius 3 is 2.73 bits per heavy atom. The molecule has 0 aromatic heterocycles. The van der Waals surface area contributed by atoms with Crippen molar-refractivity contribution in [2.75, 3.05) is 30.5 Å². The van der Waals surface area contributed by atoms with E-state index in [-0.39, 0.29) is 24.5 Å². The molecule has 0 aliphatic carbocycles. The summed E-state index contributed by atoms with van der Waals surface area (Å²) in [6.45, 7) is 6.34. The maximum Gasteiger partial charge on any atom is 0.265 e. The number of ether oxygens (including phenoxy) is 3. The van der Waals surface area contributed by atoms with Crippen LogP contribution in [0.1, 0.15) is 26.3 Å². The molecular weight excluding hydrogens is 384 g/mol. The first kappa shape index (κ1) is 21.2. The zero-order valence-corrected chi connectivity index (χ0v) is 17.6. The third-order valence-electron chi connectivity index (χ3n) is 4.54. The Kier molecular flexibility index (Phi) is 6.61. The monoisotopic (exact) mass is 410 g/mol. The number of benzene rings is 2. The number of amides is 2. The smallest absolute Gasteiger partial charge is 0.265 e. The van der Waals surface area contributed by atoms with Crippen molar-refractivity contribution in [3.63, 3.8) is 0 Å². The van der Waals surface area contributed by atoms with Crippen LogP contribution in [0.3, 0.4) is 0 Å². The molecule has 2 aromatic carbocycles. The summed E-state index contributed by atoms with van der Waals surface area (Å²) in [5.41, 5.74) is 2.04. The van der Waals surface area contributed by atoms with Gasteiger partial charge < -0.3 is 24.4 Å². The van der Waals surface area contributed by atoms with E-state index < -0.39 is 0 Å². The van der Waals surface area contributed by atoms with Crippen molar-refractivity contribution in [2.45, 2.75) is 26.8 Å². The quantitative estimate of drug-likeness (QED) is 0.701. The van der Waals surface area contributed by atoms with Crippen LogP contribution in [0.5, 0.6) is 17.2 Å². The van der Waals surface area contributed by atoms with Gasteiger partial charge in [-0.25, -0.2) is 0 Å². The molecule has 158 valence electrons. The number of hydrogen-bond donors (Lipinski definition) is 1. The van der Waals surface area contributed by atoms with E-state index in [0.29, 0.717) is 35.2 Å². The Morgan fingerprint density at radius 1 is 1.23 bits per heavy atom. The number of anilines is 2. The number of carbonyl (C=O) groups is 2. The molecule has 0 fully saturated rings. The van der Waals surface area contributed by atoms with Gasteiger partial charge in [-0.05, 0) is 62.7 Å². The van der Waals surface area contributed by atoms with Crippen LogP contribution in [0.15, 0.2) is 42.5 Å². The molecule has 1 aliphatic heterocycles. The Hall–Kier alpha value is -3.48. The minimum atomic E-state index is -0.290. The standard InChI is InChI=1S/C23H26N2O5/c1-5-29-20-9-6-16(12-21(20)28-4)7-11-22(26)24-17-8-10-19-18(13-17)25(15(2)3)23(27)14-30-19/h6-13,15H,5,14H2,1-4H3,(H,24,26)/b11-7+. The summed E-state index contributed by atoms with van der Waals surface area (Å²) in [4.78, 5) is 26.3. The predicted octanol–water partition coefficient (Wildman–Crippen LogP) is 3.88. The van der Waals surface area contributed by atoms with Gasteiger partial charge in [0.1, 0.15) is 5.75 Å². The van der Waals surface area contributed by atoms with E-state index in [9.17, 15) is 9.59 Å². The maximum atomic E-state index is 12.4. The van der Waals surface area contributed by atoms with Crippen LogP contribution in [-0.2, 0) is 9.59 Å². The Labute approximate surface area is 176 Å². The van der Waals surface area contributed by atoms with E-state index >= 15 is 0 Å². The van der Waals surface area contributed by atoms with E-state index in [1.54, 1.807) is 48.4 Å². The number of nitrogens with zero attached hydrogens (tertiary/aromatic N) is 1. The van der Waals surface area contributed by atoms with E-state index in [1.165, 1.54) is 6.08 Å². The lowest BCUT2D eigenvalue weighted by Crippen LogP contribution is -2.43. The molecule has 0 bridgehead atoms. The highest BCUT2D eigenvalue weighted by atomic mass is 16.5. The molecular formula is C23H26N2O5. The second-order valence-electron chi connectivity index (χ2n) is 6.99. The first-order valence-electron chi connectivity index (χ1n) is 9.81. The maximum absolute atomic E-state index is 12.4. The van der Waals surface area contributed by atoms with Crippen LogP contribution in [-0.4, -0.2) is 38.2 Å². The van der Waals surface area contributed by atoms with E-state index in [1.807, 2.05) is 26.8 Å². The van der Waals surface area contributed by atoms with Crippen molar-refractivity contribution in [2.24, 2.45) is 0 Å². The lowest BCUT2D eigenvalue weighted by molar-refractivity contribution is -0.121. The molecule has 2 aromatic rings. The number of rotatable bonds is 7. The molecule has 0 atom stereocenters. The second-order valence-corrected chi connectivity index (χ2v) is 6.99. The first-order chi connectivity index (χ1) is 14.4. The summed E-state index contributed by atoms with van der Waals surface area (Å²) < 4.78 is 16.3. The van der Waals surface area contributed by atoms with Gasteiger partial charge in [0.05, 0.1) is 19.4 Å². The Morgan fingerprint density at radius 2 is 2.03 bits per heavy atom. The molecule has 3 rings (SSSR count). The van der Waals surface area contributed by atoms with Crippen molar-refractivity contribution >= 4 is 29.3 Å². The molecule has 1 aliphatic rings. The van der Waals surface area contributed by atoms with Crippen LogP contribution in [0.2, 0.25) is 0 Å². The number of methoxy groups -OCH3 is 1. The average Bonchev–Trinajstić information content (AvgIpc) is 2.72. The van der Waals surface area contributed by atoms with Gasteiger partial charge in [0.15, 0.2) is 18.1 Å². The Bertz CT molecular complexity index is 968. The van der Waals surface area contributed by atoms with Crippen LogP contribution >= 0.6 is 0 Å². The van der Waals surface area contributed by atoms with Gasteiger partial charge in [-0.3, -0.25) is 9.59 Å². The number of nitrogens with one attached hydrogen (secondary N) is 1. The third kappa shape index (κ3) is 4.74. The lowest BCUT2D eigenvalue weighted by atomic mass is 10.1. The predicted molar refractivity (Wildman–Crippen MR) is 116 cm³/mol. The van der Waals surface area contributed by atoms with Crippen molar-refractivity contribution in [1.29, 1.82) is 0 Å². The van der Waals surface area contributed by atoms with E-state index in [4.69, 9.17) is 14.2 Å². The molecule has 1 heterocycles. The minimum absolute atomic E-state index is 0.0133. The van der Waals surface area contributed by atoms with Gasteiger partial charge in [0, 0.05) is 17.8 Å². The number of carbonyl (C=O) groups excluding carboxylic acids is 2. The largest absolute Gasteiger partial charge is 0.493 e. The van der Waals surface area contributed by atoms with Crippen LogP contribution in [0, 0.1) is 0 Å². The minimum Gasteiger partial charge on any atom is -0.493 e. The molecule has 1 N–H and O–H groups in total. The van der Waals surface area contributed by atoms with Crippen LogP contribution in [0.25, 0.3) is 6.08 Å². The van der Waals surface area contributed by atoms with Crippen LogP contribution < -0.4 is 24.4 Å². The summed E-state index contributed by atoms with van der Waals surface area (Å²) >= 11 is 0. The van der Waals surface area contributed by atoms with Gasteiger partial charge in [-0.15, -0.1) is 0 Å². The highest BCUT2D eigenvalue weighted by Gasteiger charge is 2.27. The van der Waals surface area contributed by atoms with Crippen molar-refractivity contribution < 1.29 is 23.8 Å². The van der Waals surface area contributed by atoms with Crippen molar-refractivity contribution in [1.82, 2.24) is 0 Å². The SMILES string of the molecule is CCOc1ccc(/C=C/C(=O)Nc2ccc3c(c2)N(C(C)C)C(=O)CO3)cc1OC. The van der Waals surface area contributed by atoms with Gasteiger partial charge in [0.25, 0.3) is 5.91 Å². The summed E-state index contributed by atoms with van der Waals surface area (Å²) in [6, 6.07) is 10.7. The molecule has 30 heavy (non-hydrogen) atoms. The van der Waals surface area contributed by atoms with Crippen molar-refractivity contribution in [3.8, 4) is 17.2 Å². The molecule has 2 amide bonds. The summed E-state index contributed by atoms with van der Waals surface area (Å²) in [5, 5.41) is 2.82. The molecule has 0 saturated carbocycles. The summed E-state index contributed by atoms with van der Waals surface area (Å²) in [6.07, 6.45) is 3.13. The molecule has 0 spiro atoms. The normalized spacial score (nSPS) is 13.2. The molecule has 0 saturated heterocycles. The molecule has 7 heteroatoms. The van der Waals surface area contributed by atoms with E-state index in [0.717, 1.165) is 5.56 Å².